The second kappa shape index (κ2) is 6.19. The second-order valence-corrected chi connectivity index (χ2v) is 7.32. The summed E-state index contributed by atoms with van der Waals surface area (Å²) in [5, 5.41) is 20.9. The van der Waals surface area contributed by atoms with Gasteiger partial charge in [0, 0.05) is 25.0 Å². The molecular weight excluding hydrogens is 328 g/mol. The molecule has 0 amide bonds. The molecule has 3 heterocycles. The first kappa shape index (κ1) is 15.5. The molecule has 0 unspecified atom stereocenters. The maximum absolute atomic E-state index is 4.41. The van der Waals surface area contributed by atoms with E-state index in [-0.39, 0.29) is 0 Å². The summed E-state index contributed by atoms with van der Waals surface area (Å²) in [5.41, 5.74) is 2.22. The molecule has 1 aliphatic carbocycles. The Balaban J connectivity index is 1.32. The van der Waals surface area contributed by atoms with E-state index in [9.17, 15) is 0 Å². The van der Waals surface area contributed by atoms with Gasteiger partial charge >= 0.3 is 0 Å². The third-order valence-electron chi connectivity index (χ3n) is 5.42. The van der Waals surface area contributed by atoms with Crippen molar-refractivity contribution in [1.29, 1.82) is 0 Å². The number of hydrogen-bond donors (Lipinski definition) is 0. The number of tetrazole rings is 1. The fourth-order valence-corrected chi connectivity index (χ4v) is 3.75. The molecule has 1 aromatic carbocycles. The molecule has 0 N–H and O–H groups in total. The van der Waals surface area contributed by atoms with Crippen LogP contribution in [-0.4, -0.2) is 48.1 Å². The fraction of sp³-hybridized carbons (Fsp3) is 0.500. The molecule has 26 heavy (non-hydrogen) atoms. The van der Waals surface area contributed by atoms with Crippen molar-refractivity contribution in [2.45, 2.75) is 44.6 Å². The number of piperidine rings is 1. The highest BCUT2D eigenvalue weighted by Crippen LogP contribution is 2.38. The molecule has 8 heteroatoms. The highest BCUT2D eigenvalue weighted by molar-refractivity contribution is 5.42. The summed E-state index contributed by atoms with van der Waals surface area (Å²) < 4.78 is 4.11. The van der Waals surface area contributed by atoms with Gasteiger partial charge in [-0.1, -0.05) is 22.8 Å². The van der Waals surface area contributed by atoms with E-state index in [1.165, 1.54) is 18.4 Å². The summed E-state index contributed by atoms with van der Waals surface area (Å²) in [6, 6.07) is 8.90. The first-order chi connectivity index (χ1) is 12.8. The zero-order valence-electron chi connectivity index (χ0n) is 14.9. The topological polar surface area (TPSA) is 77.6 Å². The Bertz CT molecular complexity index is 884. The van der Waals surface area contributed by atoms with Gasteiger partial charge in [-0.25, -0.2) is 0 Å². The van der Waals surface area contributed by atoms with Gasteiger partial charge in [0.25, 0.3) is 0 Å². The van der Waals surface area contributed by atoms with Crippen LogP contribution in [0.3, 0.4) is 0 Å². The Kier molecular flexibility index (Phi) is 3.69. The van der Waals surface area contributed by atoms with Gasteiger partial charge < -0.3 is 9.47 Å². The van der Waals surface area contributed by atoms with Gasteiger partial charge in [0.2, 0.25) is 5.95 Å². The maximum Gasteiger partial charge on any atom is 0.250 e. The van der Waals surface area contributed by atoms with Crippen molar-refractivity contribution in [2.75, 3.05) is 18.0 Å². The van der Waals surface area contributed by atoms with Crippen LogP contribution in [0.15, 0.2) is 30.6 Å². The number of rotatable bonds is 4. The Morgan fingerprint density at radius 2 is 1.73 bits per heavy atom. The molecule has 0 spiro atoms. The predicted octanol–water partition coefficient (Wildman–Crippen LogP) is 2.28. The molecule has 0 atom stereocenters. The van der Waals surface area contributed by atoms with Crippen LogP contribution in [0.4, 0.5) is 5.95 Å². The van der Waals surface area contributed by atoms with Gasteiger partial charge in [-0.2, -0.15) is 4.68 Å². The van der Waals surface area contributed by atoms with E-state index in [0.717, 1.165) is 43.4 Å². The highest BCUT2D eigenvalue weighted by Gasteiger charge is 2.32. The van der Waals surface area contributed by atoms with Crippen LogP contribution in [0.2, 0.25) is 0 Å². The lowest BCUT2D eigenvalue weighted by atomic mass is 9.96. The van der Waals surface area contributed by atoms with Gasteiger partial charge in [-0.05, 0) is 55.2 Å². The lowest BCUT2D eigenvalue weighted by Crippen LogP contribution is -2.35. The van der Waals surface area contributed by atoms with E-state index in [4.69, 9.17) is 0 Å². The van der Waals surface area contributed by atoms with Crippen molar-refractivity contribution < 1.29 is 0 Å². The number of hydrogen-bond acceptors (Lipinski definition) is 6. The van der Waals surface area contributed by atoms with E-state index >= 15 is 0 Å². The minimum atomic E-state index is 0.470. The number of nitrogens with zero attached hydrogens (tertiary/aromatic N) is 8. The average Bonchev–Trinajstić information content (AvgIpc) is 3.20. The van der Waals surface area contributed by atoms with Crippen LogP contribution in [0.25, 0.3) is 5.69 Å². The summed E-state index contributed by atoms with van der Waals surface area (Å²) >= 11 is 0. The molecule has 1 saturated heterocycles. The van der Waals surface area contributed by atoms with E-state index < -0.39 is 0 Å². The van der Waals surface area contributed by atoms with Crippen LogP contribution >= 0.6 is 0 Å². The van der Waals surface area contributed by atoms with Crippen molar-refractivity contribution in [3.05, 3.63) is 42.0 Å². The standard InChI is InChI=1S/C18H22N8/c1-13-2-4-16(5-3-13)26-18(21-22-23-26)24-10-8-14(9-11-24)17-20-19-12-25(17)15-6-7-15/h2-5,12,14-15H,6-11H2,1H3. The number of aromatic nitrogens is 7. The van der Waals surface area contributed by atoms with E-state index in [1.807, 2.05) is 11.0 Å². The third kappa shape index (κ3) is 2.75. The van der Waals surface area contributed by atoms with Crippen molar-refractivity contribution in [3.63, 3.8) is 0 Å². The molecule has 0 radical (unpaired) electrons. The summed E-state index contributed by atoms with van der Waals surface area (Å²) in [4.78, 5) is 2.27. The Hall–Kier alpha value is -2.77. The van der Waals surface area contributed by atoms with Gasteiger partial charge in [0.05, 0.1) is 5.69 Å². The summed E-state index contributed by atoms with van der Waals surface area (Å²) in [6.45, 7) is 3.93. The van der Waals surface area contributed by atoms with Gasteiger partial charge in [0.1, 0.15) is 12.2 Å². The highest BCUT2D eigenvalue weighted by atomic mass is 15.6. The molecule has 1 saturated carbocycles. The molecule has 2 fully saturated rings. The van der Waals surface area contributed by atoms with Gasteiger partial charge in [0.15, 0.2) is 0 Å². The summed E-state index contributed by atoms with van der Waals surface area (Å²) in [7, 11) is 0. The largest absolute Gasteiger partial charge is 0.339 e. The van der Waals surface area contributed by atoms with Crippen molar-refractivity contribution >= 4 is 5.95 Å². The van der Waals surface area contributed by atoms with Gasteiger partial charge in [-0.3, -0.25) is 0 Å². The maximum atomic E-state index is 4.41. The smallest absolute Gasteiger partial charge is 0.250 e. The van der Waals surface area contributed by atoms with Crippen LogP contribution in [0.1, 0.15) is 49.0 Å². The fourth-order valence-electron chi connectivity index (χ4n) is 3.75. The number of anilines is 1. The zero-order chi connectivity index (χ0) is 17.5. The third-order valence-corrected chi connectivity index (χ3v) is 5.42. The Labute approximate surface area is 151 Å². The molecule has 5 rings (SSSR count). The van der Waals surface area contributed by atoms with E-state index in [1.54, 1.807) is 0 Å². The van der Waals surface area contributed by atoms with Crippen LogP contribution < -0.4 is 4.90 Å². The first-order valence-corrected chi connectivity index (χ1v) is 9.29. The second-order valence-electron chi connectivity index (χ2n) is 7.32. The molecule has 134 valence electrons. The minimum Gasteiger partial charge on any atom is -0.339 e. The predicted molar refractivity (Wildman–Crippen MR) is 96.4 cm³/mol. The van der Waals surface area contributed by atoms with E-state index in [0.29, 0.717) is 12.0 Å². The molecule has 2 aliphatic rings. The first-order valence-electron chi connectivity index (χ1n) is 9.29. The molecule has 2 aromatic heterocycles. The van der Waals surface area contributed by atoms with Crippen LogP contribution in [-0.2, 0) is 0 Å². The molecule has 8 nitrogen and oxygen atoms in total. The lowest BCUT2D eigenvalue weighted by molar-refractivity contribution is 0.459. The molecule has 3 aromatic rings. The van der Waals surface area contributed by atoms with Crippen molar-refractivity contribution in [2.24, 2.45) is 0 Å². The number of benzene rings is 1. The Morgan fingerprint density at radius 1 is 0.962 bits per heavy atom. The Morgan fingerprint density at radius 3 is 2.46 bits per heavy atom. The quantitative estimate of drug-likeness (QED) is 0.718. The molecular formula is C18H22N8. The van der Waals surface area contributed by atoms with Crippen LogP contribution in [0.5, 0.6) is 0 Å². The minimum absolute atomic E-state index is 0.470. The molecule has 1 aliphatic heterocycles. The monoisotopic (exact) mass is 350 g/mol. The molecule has 0 bridgehead atoms. The summed E-state index contributed by atoms with van der Waals surface area (Å²) in [5.74, 6) is 2.44. The normalized spacial score (nSPS) is 18.4. The van der Waals surface area contributed by atoms with Crippen molar-refractivity contribution in [3.8, 4) is 5.69 Å². The van der Waals surface area contributed by atoms with Crippen LogP contribution in [0, 0.1) is 6.92 Å². The lowest BCUT2D eigenvalue weighted by Gasteiger charge is -2.31. The average molecular weight is 350 g/mol. The van der Waals surface area contributed by atoms with E-state index in [2.05, 4.69) is 66.4 Å². The summed E-state index contributed by atoms with van der Waals surface area (Å²) in [6.07, 6.45) is 6.51. The SMILES string of the molecule is Cc1ccc(-n2nnnc2N2CCC(c3nncn3C3CC3)CC2)cc1. The van der Waals surface area contributed by atoms with Crippen molar-refractivity contribution in [1.82, 2.24) is 35.0 Å². The number of aryl methyl sites for hydroxylation is 1. The van der Waals surface area contributed by atoms with Gasteiger partial charge in [-0.15, -0.1) is 10.2 Å². The zero-order valence-corrected chi connectivity index (χ0v) is 14.9.